The van der Waals surface area contributed by atoms with Crippen molar-refractivity contribution in [2.75, 3.05) is 0 Å². The zero-order valence-electron chi connectivity index (χ0n) is 18.1. The number of aromatic nitrogens is 2. The molecule has 3 aromatic heterocycles. The maximum absolute atomic E-state index is 13.3. The number of benzene rings is 1. The number of nitrogens with one attached hydrogen (secondary N) is 1. The number of pyridine rings is 1. The summed E-state index contributed by atoms with van der Waals surface area (Å²) in [4.78, 5) is 44.4. The molecule has 1 aliphatic rings. The summed E-state index contributed by atoms with van der Waals surface area (Å²) >= 11 is 1.67. The average molecular weight is 462 g/mol. The van der Waals surface area contributed by atoms with Gasteiger partial charge in [0.2, 0.25) is 0 Å². The lowest BCUT2D eigenvalue weighted by molar-refractivity contribution is -0.142. The molecule has 1 amide bonds. The molecular formula is C25H23N3O4S. The van der Waals surface area contributed by atoms with Gasteiger partial charge in [-0.1, -0.05) is 6.07 Å². The first-order valence-electron chi connectivity index (χ1n) is 11.0. The van der Waals surface area contributed by atoms with Crippen LogP contribution >= 0.6 is 11.3 Å². The van der Waals surface area contributed by atoms with E-state index in [4.69, 9.17) is 0 Å². The molecule has 1 aliphatic carbocycles. The Bertz CT molecular complexity index is 1450. The van der Waals surface area contributed by atoms with E-state index in [2.05, 4.69) is 16.4 Å². The van der Waals surface area contributed by atoms with Gasteiger partial charge in [-0.05, 0) is 74.6 Å². The highest BCUT2D eigenvalue weighted by Crippen LogP contribution is 2.29. The Morgan fingerprint density at radius 1 is 1.12 bits per heavy atom. The van der Waals surface area contributed by atoms with Crippen LogP contribution < -0.4 is 10.9 Å². The fourth-order valence-electron chi connectivity index (χ4n) is 4.49. The Morgan fingerprint density at radius 2 is 1.91 bits per heavy atom. The van der Waals surface area contributed by atoms with Gasteiger partial charge < -0.3 is 10.4 Å². The average Bonchev–Trinajstić information content (AvgIpc) is 3.25. The molecule has 0 saturated heterocycles. The minimum Gasteiger partial charge on any atom is -0.481 e. The number of carbonyl (C=O) groups excluding carboxylic acids is 1. The quantitative estimate of drug-likeness (QED) is 0.442. The molecule has 1 saturated carbocycles. The number of fused-ring (bicyclic) bond motifs is 2. The zero-order chi connectivity index (χ0) is 23.1. The van der Waals surface area contributed by atoms with E-state index in [0.29, 0.717) is 47.8 Å². The van der Waals surface area contributed by atoms with E-state index in [-0.39, 0.29) is 23.4 Å². The Balaban J connectivity index is 1.48. The number of nitrogens with zero attached hydrogens (tertiary/aromatic N) is 2. The molecule has 0 aliphatic heterocycles. The maximum atomic E-state index is 13.3. The van der Waals surface area contributed by atoms with Gasteiger partial charge in [-0.15, -0.1) is 11.3 Å². The molecule has 0 bridgehead atoms. The van der Waals surface area contributed by atoms with Gasteiger partial charge in [0.15, 0.2) is 5.65 Å². The van der Waals surface area contributed by atoms with Gasteiger partial charge in [0.1, 0.15) is 0 Å². The topological polar surface area (TPSA) is 101 Å². The van der Waals surface area contributed by atoms with Crippen LogP contribution in [0.1, 0.15) is 40.9 Å². The van der Waals surface area contributed by atoms with Gasteiger partial charge in [-0.25, -0.2) is 4.98 Å². The summed E-state index contributed by atoms with van der Waals surface area (Å²) in [6, 6.07) is 13.0. The Morgan fingerprint density at radius 3 is 2.61 bits per heavy atom. The fourth-order valence-corrected chi connectivity index (χ4v) is 5.36. The van der Waals surface area contributed by atoms with Gasteiger partial charge in [0, 0.05) is 22.0 Å². The normalized spacial score (nSPS) is 18.5. The van der Waals surface area contributed by atoms with Gasteiger partial charge in [-0.2, -0.15) is 0 Å². The molecule has 2 N–H and O–H groups in total. The third-order valence-corrected chi connectivity index (χ3v) is 7.37. The number of hydrogen-bond acceptors (Lipinski definition) is 5. The van der Waals surface area contributed by atoms with Crippen LogP contribution in [0.4, 0.5) is 0 Å². The van der Waals surface area contributed by atoms with Crippen LogP contribution in [0.15, 0.2) is 53.5 Å². The SMILES string of the molecule is Cc1ccc(-c2ccc3nc4c(C(=O)NC5CCC(C(=O)O)CC5)cccn4c(=O)c3c2)s1. The van der Waals surface area contributed by atoms with Crippen molar-refractivity contribution in [1.29, 1.82) is 0 Å². The van der Waals surface area contributed by atoms with Gasteiger partial charge >= 0.3 is 5.97 Å². The van der Waals surface area contributed by atoms with Crippen LogP contribution in [0.5, 0.6) is 0 Å². The third-order valence-electron chi connectivity index (χ3n) is 6.32. The molecule has 1 fully saturated rings. The highest BCUT2D eigenvalue weighted by molar-refractivity contribution is 7.15. The summed E-state index contributed by atoms with van der Waals surface area (Å²) in [5, 5.41) is 12.7. The van der Waals surface area contributed by atoms with Crippen LogP contribution in [0.25, 0.3) is 27.0 Å². The van der Waals surface area contributed by atoms with Crippen LogP contribution in [0.3, 0.4) is 0 Å². The predicted octanol–water partition coefficient (Wildman–Crippen LogP) is 4.26. The van der Waals surface area contributed by atoms with Crippen molar-refractivity contribution in [2.24, 2.45) is 5.92 Å². The minimum atomic E-state index is -0.776. The van der Waals surface area contributed by atoms with Crippen LogP contribution in [-0.4, -0.2) is 32.4 Å². The summed E-state index contributed by atoms with van der Waals surface area (Å²) in [6.07, 6.45) is 3.96. The minimum absolute atomic E-state index is 0.0858. The first-order valence-corrected chi connectivity index (χ1v) is 11.8. The maximum Gasteiger partial charge on any atom is 0.306 e. The highest BCUT2D eigenvalue weighted by Gasteiger charge is 2.27. The predicted molar refractivity (Wildman–Crippen MR) is 128 cm³/mol. The van der Waals surface area contributed by atoms with Gasteiger partial charge in [0.25, 0.3) is 11.5 Å². The fraction of sp³-hybridized carbons (Fsp3) is 0.280. The van der Waals surface area contributed by atoms with Crippen molar-refractivity contribution in [2.45, 2.75) is 38.6 Å². The molecule has 8 heteroatoms. The largest absolute Gasteiger partial charge is 0.481 e. The van der Waals surface area contributed by atoms with Crippen LogP contribution in [-0.2, 0) is 4.79 Å². The lowest BCUT2D eigenvalue weighted by Crippen LogP contribution is -2.39. The zero-order valence-corrected chi connectivity index (χ0v) is 18.9. The summed E-state index contributed by atoms with van der Waals surface area (Å²) in [7, 11) is 0. The lowest BCUT2D eigenvalue weighted by Gasteiger charge is -2.26. The molecule has 7 nitrogen and oxygen atoms in total. The number of hydrogen-bond donors (Lipinski definition) is 2. The van der Waals surface area contributed by atoms with E-state index in [1.807, 2.05) is 31.2 Å². The van der Waals surface area contributed by atoms with Crippen molar-refractivity contribution in [3.63, 3.8) is 0 Å². The Kier molecular flexibility index (Phi) is 5.46. The molecule has 0 atom stereocenters. The van der Waals surface area contributed by atoms with Gasteiger partial charge in [0.05, 0.1) is 22.4 Å². The van der Waals surface area contributed by atoms with E-state index in [0.717, 1.165) is 10.4 Å². The van der Waals surface area contributed by atoms with Crippen LogP contribution in [0.2, 0.25) is 0 Å². The van der Waals surface area contributed by atoms with Crippen molar-refractivity contribution >= 4 is 39.8 Å². The summed E-state index contributed by atoms with van der Waals surface area (Å²) in [5.74, 6) is -1.42. The third kappa shape index (κ3) is 4.02. The van der Waals surface area contributed by atoms with E-state index < -0.39 is 5.97 Å². The number of amides is 1. The van der Waals surface area contributed by atoms with Crippen molar-refractivity contribution in [1.82, 2.24) is 14.7 Å². The lowest BCUT2D eigenvalue weighted by atomic mass is 9.86. The Hall–Kier alpha value is -3.52. The number of rotatable bonds is 4. The van der Waals surface area contributed by atoms with E-state index in [1.165, 1.54) is 9.28 Å². The van der Waals surface area contributed by atoms with Crippen molar-refractivity contribution < 1.29 is 14.7 Å². The molecule has 5 rings (SSSR count). The number of carbonyl (C=O) groups is 2. The van der Waals surface area contributed by atoms with E-state index in [1.54, 1.807) is 29.7 Å². The molecule has 33 heavy (non-hydrogen) atoms. The van der Waals surface area contributed by atoms with Crippen molar-refractivity contribution in [3.05, 3.63) is 69.5 Å². The second-order valence-corrected chi connectivity index (χ2v) is 9.82. The Labute approximate surface area is 193 Å². The highest BCUT2D eigenvalue weighted by atomic mass is 32.1. The first-order chi connectivity index (χ1) is 15.9. The van der Waals surface area contributed by atoms with Crippen molar-refractivity contribution in [3.8, 4) is 10.4 Å². The summed E-state index contributed by atoms with van der Waals surface area (Å²) in [5.41, 5.74) is 1.92. The molecular weight excluding hydrogens is 438 g/mol. The molecule has 4 aromatic rings. The van der Waals surface area contributed by atoms with Crippen LogP contribution in [0, 0.1) is 12.8 Å². The van der Waals surface area contributed by atoms with E-state index >= 15 is 0 Å². The molecule has 1 aromatic carbocycles. The number of thiophene rings is 1. The molecule has 0 radical (unpaired) electrons. The number of aryl methyl sites for hydroxylation is 1. The number of carboxylic acids is 1. The molecule has 168 valence electrons. The monoisotopic (exact) mass is 461 g/mol. The smallest absolute Gasteiger partial charge is 0.306 e. The number of carboxylic acid groups (broad SMARTS) is 1. The number of aliphatic carboxylic acids is 1. The standard InChI is InChI=1S/C25H23N3O4S/c1-14-4-11-21(33-14)16-7-10-20-19(13-16)24(30)28-12-2-3-18(22(28)27-20)23(29)26-17-8-5-15(6-9-17)25(31)32/h2-4,7,10-13,15,17H,5-6,8-9H2,1H3,(H,26,29)(H,31,32). The summed E-state index contributed by atoms with van der Waals surface area (Å²) < 4.78 is 1.42. The van der Waals surface area contributed by atoms with Gasteiger partial charge in [-0.3, -0.25) is 18.8 Å². The first kappa shape index (κ1) is 21.3. The second-order valence-electron chi connectivity index (χ2n) is 8.53. The molecule has 0 spiro atoms. The summed E-state index contributed by atoms with van der Waals surface area (Å²) in [6.45, 7) is 2.05. The van der Waals surface area contributed by atoms with E-state index in [9.17, 15) is 19.5 Å². The molecule has 0 unspecified atom stereocenters. The molecule has 3 heterocycles. The second kappa shape index (κ2) is 8.44.